The van der Waals surface area contributed by atoms with Crippen LogP contribution in [0.25, 0.3) is 11.3 Å². The van der Waals surface area contributed by atoms with Crippen LogP contribution in [0.4, 0.5) is 0 Å². The highest BCUT2D eigenvalue weighted by Crippen LogP contribution is 2.35. The lowest BCUT2D eigenvalue weighted by atomic mass is 10.1. The molecule has 2 aromatic carbocycles. The lowest BCUT2D eigenvalue weighted by Gasteiger charge is -2.09. The zero-order chi connectivity index (χ0) is 17.7. The topological polar surface area (TPSA) is 54.6 Å². The van der Waals surface area contributed by atoms with Crippen LogP contribution in [-0.2, 0) is 4.79 Å². The Labute approximate surface area is 153 Å². The number of amides is 1. The maximum absolute atomic E-state index is 12.4. The number of thiazole rings is 1. The lowest BCUT2D eigenvalue weighted by Crippen LogP contribution is -2.22. The molecule has 0 fully saturated rings. The van der Waals surface area contributed by atoms with Gasteiger partial charge in [0.25, 0.3) is 5.91 Å². The molecule has 25 heavy (non-hydrogen) atoms. The maximum atomic E-state index is 12.4. The average molecular weight is 366 g/mol. The van der Waals surface area contributed by atoms with Gasteiger partial charge < -0.3 is 5.11 Å². The smallest absolute Gasteiger partial charge is 0.279 e. The van der Waals surface area contributed by atoms with Crippen molar-refractivity contribution >= 4 is 35.0 Å². The van der Waals surface area contributed by atoms with Gasteiger partial charge in [-0.1, -0.05) is 35.9 Å². The van der Waals surface area contributed by atoms with E-state index in [4.69, 9.17) is 12.2 Å². The minimum atomic E-state index is -0.347. The summed E-state index contributed by atoms with van der Waals surface area (Å²) in [5.41, 5.74) is 3.36. The maximum Gasteiger partial charge on any atom is 0.279 e. The van der Waals surface area contributed by atoms with Crippen LogP contribution in [0.3, 0.4) is 0 Å². The first-order valence-corrected chi connectivity index (χ1v) is 8.95. The van der Waals surface area contributed by atoms with E-state index in [2.05, 4.69) is 4.99 Å². The normalized spacial score (nSPS) is 13.0. The Morgan fingerprint density at radius 3 is 2.68 bits per heavy atom. The van der Waals surface area contributed by atoms with Crippen molar-refractivity contribution in [2.45, 2.75) is 13.8 Å². The number of rotatable bonds is 2. The summed E-state index contributed by atoms with van der Waals surface area (Å²) in [6.07, 6.45) is 0. The number of nitrogens with zero attached hydrogens (tertiary/aromatic N) is 2. The van der Waals surface area contributed by atoms with Gasteiger partial charge in [0.1, 0.15) is 4.88 Å². The van der Waals surface area contributed by atoms with Gasteiger partial charge in [-0.15, -0.1) is 11.3 Å². The third kappa shape index (κ3) is 2.45. The largest absolute Gasteiger partial charge is 0.493 e. The Bertz CT molecular complexity index is 1220. The fraction of sp³-hybridized carbons (Fsp3) is 0.105. The van der Waals surface area contributed by atoms with Crippen LogP contribution in [0, 0.1) is 17.8 Å². The number of carbonyl (C=O) groups excluding carboxylic acids is 1. The van der Waals surface area contributed by atoms with Gasteiger partial charge in [-0.3, -0.25) is 9.36 Å². The summed E-state index contributed by atoms with van der Waals surface area (Å²) >= 11 is 6.70. The highest BCUT2D eigenvalue weighted by Gasteiger charge is 2.25. The second kappa shape index (κ2) is 5.75. The fourth-order valence-corrected chi connectivity index (χ4v) is 4.45. The molecular formula is C19H14N2O2S2. The summed E-state index contributed by atoms with van der Waals surface area (Å²) in [5.74, 6) is -0.363. The zero-order valence-corrected chi connectivity index (χ0v) is 15.2. The van der Waals surface area contributed by atoms with Gasteiger partial charge in [0.15, 0.2) is 3.95 Å². The second-order valence-electron chi connectivity index (χ2n) is 5.96. The molecule has 2 heterocycles. The number of aromatic nitrogens is 1. The van der Waals surface area contributed by atoms with Crippen LogP contribution < -0.4 is 10.6 Å². The van der Waals surface area contributed by atoms with Gasteiger partial charge in [-0.05, 0) is 43.8 Å². The van der Waals surface area contributed by atoms with Crippen LogP contribution in [0.2, 0.25) is 0 Å². The van der Waals surface area contributed by atoms with Crippen molar-refractivity contribution in [3.05, 3.63) is 73.0 Å². The molecule has 0 spiro atoms. The SMILES string of the molecule is Cc1ccc(-n2c(O)c(C3=c4ccccc4=NC3=O)sc2=S)c(C)c1. The second-order valence-corrected chi connectivity index (χ2v) is 7.60. The van der Waals surface area contributed by atoms with E-state index in [1.807, 2.05) is 50.2 Å². The van der Waals surface area contributed by atoms with Gasteiger partial charge in [0.2, 0.25) is 5.88 Å². The van der Waals surface area contributed by atoms with Crippen LogP contribution in [-0.4, -0.2) is 15.6 Å². The molecule has 0 atom stereocenters. The molecule has 0 saturated heterocycles. The number of para-hydroxylation sites is 1. The Hall–Kier alpha value is -2.57. The molecule has 1 aliphatic heterocycles. The molecule has 0 bridgehead atoms. The van der Waals surface area contributed by atoms with Crippen LogP contribution in [0.5, 0.6) is 5.88 Å². The van der Waals surface area contributed by atoms with E-state index in [0.717, 1.165) is 22.0 Å². The van der Waals surface area contributed by atoms with Crippen molar-refractivity contribution in [1.29, 1.82) is 0 Å². The highest BCUT2D eigenvalue weighted by atomic mass is 32.1. The molecule has 0 aliphatic carbocycles. The van der Waals surface area contributed by atoms with Crippen molar-refractivity contribution in [2.24, 2.45) is 4.99 Å². The first-order chi connectivity index (χ1) is 12.0. The molecule has 6 heteroatoms. The van der Waals surface area contributed by atoms with Crippen LogP contribution >= 0.6 is 23.6 Å². The van der Waals surface area contributed by atoms with Gasteiger partial charge in [-0.25, -0.2) is 4.99 Å². The van der Waals surface area contributed by atoms with E-state index in [-0.39, 0.29) is 11.8 Å². The van der Waals surface area contributed by atoms with Crippen LogP contribution in [0.1, 0.15) is 16.0 Å². The Kier molecular flexibility index (Phi) is 3.67. The molecule has 4 nitrogen and oxygen atoms in total. The quantitative estimate of drug-likeness (QED) is 0.710. The molecule has 0 radical (unpaired) electrons. The predicted molar refractivity (Wildman–Crippen MR) is 100 cm³/mol. The number of carbonyl (C=O) groups is 1. The molecular weight excluding hydrogens is 352 g/mol. The lowest BCUT2D eigenvalue weighted by molar-refractivity contribution is -0.112. The minimum absolute atomic E-state index is 0.0165. The number of aryl methyl sites for hydroxylation is 2. The van der Waals surface area contributed by atoms with Crippen molar-refractivity contribution in [3.63, 3.8) is 0 Å². The first kappa shape index (κ1) is 15.9. The molecule has 4 rings (SSSR count). The van der Waals surface area contributed by atoms with Gasteiger partial charge >= 0.3 is 0 Å². The van der Waals surface area contributed by atoms with E-state index < -0.39 is 0 Å². The van der Waals surface area contributed by atoms with Crippen LogP contribution in [0.15, 0.2) is 47.5 Å². The van der Waals surface area contributed by atoms with E-state index >= 15 is 0 Å². The summed E-state index contributed by atoms with van der Waals surface area (Å²) in [6.45, 7) is 3.99. The average Bonchev–Trinajstić information content (AvgIpc) is 3.04. The Morgan fingerprint density at radius 1 is 1.16 bits per heavy atom. The van der Waals surface area contributed by atoms with Crippen molar-refractivity contribution < 1.29 is 9.90 Å². The first-order valence-electron chi connectivity index (χ1n) is 7.72. The molecule has 0 unspecified atom stereocenters. The third-order valence-corrected chi connectivity index (χ3v) is 5.60. The molecule has 1 amide bonds. The third-order valence-electron chi connectivity index (χ3n) is 4.22. The predicted octanol–water partition coefficient (Wildman–Crippen LogP) is 2.95. The van der Waals surface area contributed by atoms with E-state index in [1.54, 1.807) is 10.6 Å². The summed E-state index contributed by atoms with van der Waals surface area (Å²) < 4.78 is 2.11. The molecule has 1 aromatic heterocycles. The van der Waals surface area contributed by atoms with E-state index in [9.17, 15) is 9.90 Å². The zero-order valence-electron chi connectivity index (χ0n) is 13.6. The van der Waals surface area contributed by atoms with Gasteiger partial charge in [-0.2, -0.15) is 0 Å². The number of fused-ring (bicyclic) bond motifs is 1. The number of hydrogen-bond acceptors (Lipinski definition) is 4. The monoisotopic (exact) mass is 366 g/mol. The Morgan fingerprint density at radius 2 is 1.92 bits per heavy atom. The fourth-order valence-electron chi connectivity index (χ4n) is 3.08. The molecule has 3 aromatic rings. The number of benzene rings is 2. The Balaban J connectivity index is 2.01. The standard InChI is InChI=1S/C19H14N2O2S2/c1-10-7-8-14(11(2)9-10)21-18(23)16(25-19(21)24)15-12-5-3-4-6-13(12)20-17(15)22/h3-9,23H,1-2H3. The van der Waals surface area contributed by atoms with Gasteiger partial charge in [0.05, 0.1) is 16.6 Å². The van der Waals surface area contributed by atoms with E-state index in [0.29, 0.717) is 19.8 Å². The van der Waals surface area contributed by atoms with Crippen molar-refractivity contribution in [1.82, 2.24) is 4.57 Å². The minimum Gasteiger partial charge on any atom is -0.493 e. The molecule has 1 aliphatic rings. The summed E-state index contributed by atoms with van der Waals surface area (Å²) in [5, 5.41) is 12.2. The summed E-state index contributed by atoms with van der Waals surface area (Å²) in [4.78, 5) is 16.9. The van der Waals surface area contributed by atoms with E-state index in [1.165, 1.54) is 11.3 Å². The highest BCUT2D eigenvalue weighted by molar-refractivity contribution is 7.73. The van der Waals surface area contributed by atoms with Crippen molar-refractivity contribution in [3.8, 4) is 11.6 Å². The molecule has 0 saturated carbocycles. The number of hydrogen-bond donors (Lipinski definition) is 1. The molecule has 124 valence electrons. The number of aromatic hydroxyl groups is 1. The van der Waals surface area contributed by atoms with Crippen molar-refractivity contribution in [2.75, 3.05) is 0 Å². The van der Waals surface area contributed by atoms with Gasteiger partial charge in [0, 0.05) is 5.22 Å². The molecule has 1 N–H and O–H groups in total. The summed E-state index contributed by atoms with van der Waals surface area (Å²) in [7, 11) is 0. The summed E-state index contributed by atoms with van der Waals surface area (Å²) in [6, 6.07) is 13.2.